The van der Waals surface area contributed by atoms with Gasteiger partial charge in [0.05, 0.1) is 45.5 Å². The lowest BCUT2D eigenvalue weighted by molar-refractivity contribution is 0.967. The van der Waals surface area contributed by atoms with Gasteiger partial charge in [-0.05, 0) is 108 Å². The highest BCUT2D eigenvalue weighted by atomic mass is 15.0. The molecule has 0 amide bonds. The van der Waals surface area contributed by atoms with Crippen molar-refractivity contribution in [3.63, 3.8) is 0 Å². The van der Waals surface area contributed by atoms with Crippen LogP contribution < -0.4 is 0 Å². The lowest BCUT2D eigenvalue weighted by Crippen LogP contribution is -2.00. The molecule has 0 radical (unpaired) electrons. The third-order valence-corrected chi connectivity index (χ3v) is 9.64. The summed E-state index contributed by atoms with van der Waals surface area (Å²) in [5.74, 6) is 0. The standard InChI is InChI=1S/C44H28N4/c45-27-29-17-22-44(48-42-15-7-3-11-37(42)38-12-4-8-16-43(38)48)39(25-29)33-24-30(28-46)23-32(26-33)31-18-20-34(21-19-31)47-40-13-5-1-9-35(40)36-10-2-6-14-41(36)47/h1,3-9,11-26H,2,10H2. The fourth-order valence-electron chi connectivity index (χ4n) is 7.50. The van der Waals surface area contributed by atoms with Crippen LogP contribution in [0.15, 0.2) is 140 Å². The average molecular weight is 613 g/mol. The number of nitrogens with zero attached hydrogens (tertiary/aromatic N) is 4. The molecule has 0 aliphatic heterocycles. The molecular formula is C44H28N4. The van der Waals surface area contributed by atoms with Crippen LogP contribution in [-0.4, -0.2) is 9.13 Å². The molecule has 1 aliphatic rings. The van der Waals surface area contributed by atoms with Crippen LogP contribution in [0.1, 0.15) is 28.8 Å². The Kier molecular flexibility index (Phi) is 6.35. The molecular weight excluding hydrogens is 585 g/mol. The molecule has 4 nitrogen and oxygen atoms in total. The summed E-state index contributed by atoms with van der Waals surface area (Å²) in [5, 5.41) is 23.8. The normalized spacial score (nSPS) is 12.3. The van der Waals surface area contributed by atoms with E-state index in [1.807, 2.05) is 30.3 Å². The molecule has 0 fully saturated rings. The van der Waals surface area contributed by atoms with Crippen LogP contribution in [0.25, 0.3) is 72.4 Å². The van der Waals surface area contributed by atoms with Crippen molar-refractivity contribution in [1.82, 2.24) is 9.13 Å². The van der Waals surface area contributed by atoms with Gasteiger partial charge in [0.25, 0.3) is 0 Å². The van der Waals surface area contributed by atoms with Crippen LogP contribution in [-0.2, 0) is 6.42 Å². The molecule has 0 unspecified atom stereocenters. The van der Waals surface area contributed by atoms with Crippen molar-refractivity contribution >= 4 is 38.8 Å². The first-order valence-corrected chi connectivity index (χ1v) is 16.2. The number of nitriles is 2. The second-order valence-corrected chi connectivity index (χ2v) is 12.3. The van der Waals surface area contributed by atoms with E-state index in [1.165, 1.54) is 32.9 Å². The van der Waals surface area contributed by atoms with E-state index in [9.17, 15) is 10.5 Å². The molecule has 8 aromatic rings. The Labute approximate surface area is 278 Å². The topological polar surface area (TPSA) is 57.4 Å². The molecule has 0 N–H and O–H groups in total. The molecule has 0 saturated carbocycles. The molecule has 9 rings (SSSR count). The summed E-state index contributed by atoms with van der Waals surface area (Å²) >= 11 is 0. The summed E-state index contributed by atoms with van der Waals surface area (Å²) < 4.78 is 4.62. The van der Waals surface area contributed by atoms with E-state index in [0.29, 0.717) is 11.1 Å². The van der Waals surface area contributed by atoms with E-state index in [0.717, 1.165) is 57.5 Å². The van der Waals surface area contributed by atoms with Crippen molar-refractivity contribution in [3.8, 4) is 45.8 Å². The van der Waals surface area contributed by atoms with Gasteiger partial charge in [-0.25, -0.2) is 0 Å². The lowest BCUT2D eigenvalue weighted by Gasteiger charge is -2.16. The maximum Gasteiger partial charge on any atom is 0.0992 e. The first-order valence-electron chi connectivity index (χ1n) is 16.2. The minimum absolute atomic E-state index is 0.567. The van der Waals surface area contributed by atoms with Gasteiger partial charge in [-0.3, -0.25) is 0 Å². The first kappa shape index (κ1) is 27.7. The van der Waals surface area contributed by atoms with E-state index < -0.39 is 0 Å². The number of aromatic nitrogens is 2. The summed E-state index contributed by atoms with van der Waals surface area (Å²) in [6.07, 6.45) is 6.62. The van der Waals surface area contributed by atoms with E-state index in [4.69, 9.17) is 0 Å². The summed E-state index contributed by atoms with van der Waals surface area (Å²) in [7, 11) is 0. The highest BCUT2D eigenvalue weighted by Crippen LogP contribution is 2.39. The molecule has 1 aliphatic carbocycles. The van der Waals surface area contributed by atoms with Crippen LogP contribution in [0.5, 0.6) is 0 Å². The molecule has 0 spiro atoms. The number of allylic oxidation sites excluding steroid dienone is 1. The minimum Gasteiger partial charge on any atom is -0.310 e. The van der Waals surface area contributed by atoms with Crippen LogP contribution in [0.3, 0.4) is 0 Å². The predicted octanol–water partition coefficient (Wildman–Crippen LogP) is 10.8. The molecule has 6 aromatic carbocycles. The first-order chi connectivity index (χ1) is 23.7. The van der Waals surface area contributed by atoms with Crippen molar-refractivity contribution in [1.29, 1.82) is 10.5 Å². The van der Waals surface area contributed by atoms with Gasteiger partial charge in [-0.1, -0.05) is 72.8 Å². The SMILES string of the molecule is N#Cc1cc(-c2ccc(-n3c4c(c5ccccc53)CCC=C4)cc2)cc(-c2cc(C#N)ccc2-n2c3ccccc3c3ccccc32)c1. The van der Waals surface area contributed by atoms with Gasteiger partial charge in [0.2, 0.25) is 0 Å². The predicted molar refractivity (Wildman–Crippen MR) is 195 cm³/mol. The third-order valence-electron chi connectivity index (χ3n) is 9.64. The second-order valence-electron chi connectivity index (χ2n) is 12.3. The van der Waals surface area contributed by atoms with Gasteiger partial charge < -0.3 is 9.13 Å². The zero-order valence-corrected chi connectivity index (χ0v) is 26.1. The van der Waals surface area contributed by atoms with E-state index in [1.54, 1.807) is 0 Å². The number of rotatable bonds is 4. The average Bonchev–Trinajstić information content (AvgIpc) is 3.67. The van der Waals surface area contributed by atoms with Crippen molar-refractivity contribution < 1.29 is 0 Å². The van der Waals surface area contributed by atoms with Crippen LogP contribution >= 0.6 is 0 Å². The van der Waals surface area contributed by atoms with Gasteiger partial charge in [-0.2, -0.15) is 10.5 Å². The molecule has 48 heavy (non-hydrogen) atoms. The molecule has 2 heterocycles. The monoisotopic (exact) mass is 612 g/mol. The summed E-state index contributed by atoms with van der Waals surface area (Å²) in [5.41, 5.74) is 13.0. The Bertz CT molecular complexity index is 2630. The van der Waals surface area contributed by atoms with Crippen molar-refractivity contribution in [3.05, 3.63) is 162 Å². The molecule has 2 aromatic heterocycles. The number of fused-ring (bicyclic) bond motifs is 6. The quantitative estimate of drug-likeness (QED) is 0.199. The number of hydrogen-bond acceptors (Lipinski definition) is 2. The Morgan fingerprint density at radius 1 is 0.521 bits per heavy atom. The van der Waals surface area contributed by atoms with Crippen LogP contribution in [0, 0.1) is 22.7 Å². The maximum absolute atomic E-state index is 10.2. The second kappa shape index (κ2) is 11.0. The highest BCUT2D eigenvalue weighted by Gasteiger charge is 2.19. The zero-order chi connectivity index (χ0) is 32.2. The molecule has 0 bridgehead atoms. The Morgan fingerprint density at radius 3 is 1.83 bits per heavy atom. The molecule has 224 valence electrons. The Morgan fingerprint density at radius 2 is 1.15 bits per heavy atom. The lowest BCUT2D eigenvalue weighted by atomic mass is 9.94. The smallest absolute Gasteiger partial charge is 0.0992 e. The minimum atomic E-state index is 0.567. The van der Waals surface area contributed by atoms with Gasteiger partial charge in [-0.15, -0.1) is 0 Å². The Hall–Kier alpha value is -6.62. The van der Waals surface area contributed by atoms with Crippen molar-refractivity contribution in [2.75, 3.05) is 0 Å². The van der Waals surface area contributed by atoms with Gasteiger partial charge in [0.1, 0.15) is 0 Å². The largest absolute Gasteiger partial charge is 0.310 e. The van der Waals surface area contributed by atoms with Gasteiger partial charge >= 0.3 is 0 Å². The zero-order valence-electron chi connectivity index (χ0n) is 26.1. The van der Waals surface area contributed by atoms with Crippen molar-refractivity contribution in [2.24, 2.45) is 0 Å². The van der Waals surface area contributed by atoms with Gasteiger partial charge in [0.15, 0.2) is 0 Å². The summed E-state index contributed by atoms with van der Waals surface area (Å²) in [6, 6.07) is 50.7. The molecule has 4 heteroatoms. The van der Waals surface area contributed by atoms with E-state index >= 15 is 0 Å². The fraction of sp³-hybridized carbons (Fsp3) is 0.0455. The van der Waals surface area contributed by atoms with E-state index in [-0.39, 0.29) is 0 Å². The Balaban J connectivity index is 1.20. The summed E-state index contributed by atoms with van der Waals surface area (Å²) in [6.45, 7) is 0. The van der Waals surface area contributed by atoms with Crippen LogP contribution in [0.4, 0.5) is 0 Å². The maximum atomic E-state index is 10.2. The highest BCUT2D eigenvalue weighted by molar-refractivity contribution is 6.09. The third kappa shape index (κ3) is 4.28. The van der Waals surface area contributed by atoms with Gasteiger partial charge in [0, 0.05) is 33.1 Å². The number of aryl methyl sites for hydroxylation is 1. The fourth-order valence-corrected chi connectivity index (χ4v) is 7.50. The number of para-hydroxylation sites is 3. The van der Waals surface area contributed by atoms with E-state index in [2.05, 4.69) is 137 Å². The van der Waals surface area contributed by atoms with Crippen LogP contribution in [0.2, 0.25) is 0 Å². The van der Waals surface area contributed by atoms with Crippen molar-refractivity contribution in [2.45, 2.75) is 12.8 Å². The molecule has 0 saturated heterocycles. The molecule has 0 atom stereocenters. The number of benzene rings is 6. The summed E-state index contributed by atoms with van der Waals surface area (Å²) in [4.78, 5) is 0. The number of hydrogen-bond donors (Lipinski definition) is 0.